The molecule has 1 aromatic rings. The van der Waals surface area contributed by atoms with Crippen LogP contribution >= 0.6 is 0 Å². The lowest BCUT2D eigenvalue weighted by molar-refractivity contribution is -0.143. The minimum Gasteiger partial charge on any atom is -0.466 e. The molecule has 6 heteroatoms. The van der Waals surface area contributed by atoms with Crippen LogP contribution in [0.4, 0.5) is 11.5 Å². The molecule has 1 rings (SSSR count). The molecule has 1 heterocycles. The van der Waals surface area contributed by atoms with Crippen molar-refractivity contribution in [3.05, 3.63) is 5.69 Å². The Kier molecular flexibility index (Phi) is 5.48. The molecule has 0 radical (unpaired) electrons. The second kappa shape index (κ2) is 6.88. The van der Waals surface area contributed by atoms with E-state index in [-0.39, 0.29) is 5.97 Å². The van der Waals surface area contributed by atoms with Crippen molar-refractivity contribution in [3.8, 4) is 0 Å². The number of aryl methyl sites for hydroxylation is 2. The summed E-state index contributed by atoms with van der Waals surface area (Å²) in [5.74, 6) is 0.673. The average Bonchev–Trinajstić information content (AvgIpc) is 2.62. The predicted octanol–water partition coefficient (Wildman–Crippen LogP) is 1.55. The molecule has 0 saturated heterocycles. The number of carbonyl (C=O) groups is 1. The van der Waals surface area contributed by atoms with Crippen molar-refractivity contribution in [2.75, 3.05) is 24.2 Å². The van der Waals surface area contributed by atoms with Crippen LogP contribution in [0.3, 0.4) is 0 Å². The van der Waals surface area contributed by atoms with Gasteiger partial charge in [-0.2, -0.15) is 5.10 Å². The number of nitrogens with one attached hydrogen (secondary N) is 1. The number of nitrogens with zero attached hydrogens (tertiary/aromatic N) is 2. The Morgan fingerprint density at radius 1 is 1.50 bits per heavy atom. The van der Waals surface area contributed by atoms with E-state index >= 15 is 0 Å². The minimum atomic E-state index is -0.160. The first-order chi connectivity index (χ1) is 8.60. The normalized spacial score (nSPS) is 10.4. The summed E-state index contributed by atoms with van der Waals surface area (Å²) in [6, 6.07) is 0. The van der Waals surface area contributed by atoms with E-state index in [1.165, 1.54) is 0 Å². The Hall–Kier alpha value is -1.72. The van der Waals surface area contributed by atoms with E-state index in [1.54, 1.807) is 6.92 Å². The van der Waals surface area contributed by atoms with E-state index in [4.69, 9.17) is 10.5 Å². The van der Waals surface area contributed by atoms with Gasteiger partial charge in [-0.3, -0.25) is 4.79 Å². The van der Waals surface area contributed by atoms with E-state index in [2.05, 4.69) is 10.4 Å². The van der Waals surface area contributed by atoms with Crippen molar-refractivity contribution >= 4 is 17.5 Å². The predicted molar refractivity (Wildman–Crippen MR) is 71.4 cm³/mol. The molecule has 0 aliphatic rings. The van der Waals surface area contributed by atoms with Gasteiger partial charge in [0.2, 0.25) is 0 Å². The van der Waals surface area contributed by atoms with Gasteiger partial charge in [0.1, 0.15) is 5.82 Å². The van der Waals surface area contributed by atoms with Crippen LogP contribution in [-0.2, 0) is 16.1 Å². The Morgan fingerprint density at radius 3 is 2.83 bits per heavy atom. The van der Waals surface area contributed by atoms with Crippen LogP contribution in [-0.4, -0.2) is 28.9 Å². The fourth-order valence-electron chi connectivity index (χ4n) is 1.68. The van der Waals surface area contributed by atoms with Gasteiger partial charge >= 0.3 is 5.97 Å². The van der Waals surface area contributed by atoms with Crippen LogP contribution in [0.5, 0.6) is 0 Å². The van der Waals surface area contributed by atoms with Crippen LogP contribution < -0.4 is 11.1 Å². The number of aromatic nitrogens is 2. The summed E-state index contributed by atoms with van der Waals surface area (Å²) >= 11 is 0. The van der Waals surface area contributed by atoms with Gasteiger partial charge in [-0.25, -0.2) is 4.68 Å². The third-order valence-corrected chi connectivity index (χ3v) is 2.63. The first kappa shape index (κ1) is 14.3. The molecule has 6 nitrogen and oxygen atoms in total. The molecule has 1 aromatic heterocycles. The first-order valence-electron chi connectivity index (χ1n) is 6.32. The molecule has 0 amide bonds. The molecule has 3 N–H and O–H groups in total. The number of anilines is 2. The highest BCUT2D eigenvalue weighted by atomic mass is 16.5. The summed E-state index contributed by atoms with van der Waals surface area (Å²) in [4.78, 5) is 11.2. The highest BCUT2D eigenvalue weighted by molar-refractivity contribution is 5.69. The van der Waals surface area contributed by atoms with Gasteiger partial charge in [-0.05, 0) is 27.2 Å². The van der Waals surface area contributed by atoms with Gasteiger partial charge in [0.25, 0.3) is 0 Å². The summed E-state index contributed by atoms with van der Waals surface area (Å²) in [5.41, 5.74) is 7.43. The molecule has 0 aliphatic carbocycles. The lowest BCUT2D eigenvalue weighted by Gasteiger charge is -2.09. The van der Waals surface area contributed by atoms with Gasteiger partial charge in [0.05, 0.1) is 18.0 Å². The highest BCUT2D eigenvalue weighted by Gasteiger charge is 2.10. The van der Waals surface area contributed by atoms with Gasteiger partial charge in [-0.1, -0.05) is 0 Å². The standard InChI is InChI=1S/C12H22N4O2/c1-4-16-12(11(13)9(3)15-16)14-8-6-7-10(17)18-5-2/h14H,4-8,13H2,1-3H3. The SMILES string of the molecule is CCOC(=O)CCCNc1c(N)c(C)nn1CC. The molecule has 0 unspecified atom stereocenters. The molecular formula is C12H22N4O2. The molecule has 0 saturated carbocycles. The summed E-state index contributed by atoms with van der Waals surface area (Å²) in [7, 11) is 0. The van der Waals surface area contributed by atoms with Crippen molar-refractivity contribution < 1.29 is 9.53 Å². The molecule has 102 valence electrons. The maximum absolute atomic E-state index is 11.2. The highest BCUT2D eigenvalue weighted by Crippen LogP contribution is 2.21. The molecule has 0 bridgehead atoms. The second-order valence-corrected chi connectivity index (χ2v) is 4.00. The number of hydrogen-bond acceptors (Lipinski definition) is 5. The van der Waals surface area contributed by atoms with Crippen molar-refractivity contribution in [3.63, 3.8) is 0 Å². The minimum absolute atomic E-state index is 0.160. The zero-order chi connectivity index (χ0) is 13.5. The van der Waals surface area contributed by atoms with E-state index in [0.29, 0.717) is 31.7 Å². The summed E-state index contributed by atoms with van der Waals surface area (Å²) in [6.45, 7) is 7.56. The first-order valence-corrected chi connectivity index (χ1v) is 6.32. The summed E-state index contributed by atoms with van der Waals surface area (Å²) in [6.07, 6.45) is 1.13. The van der Waals surface area contributed by atoms with Crippen molar-refractivity contribution in [1.82, 2.24) is 9.78 Å². The summed E-state index contributed by atoms with van der Waals surface area (Å²) in [5, 5.41) is 7.53. The van der Waals surface area contributed by atoms with E-state index in [0.717, 1.165) is 18.1 Å². The molecule has 0 aromatic carbocycles. The Bertz CT molecular complexity index is 401. The Labute approximate surface area is 107 Å². The van der Waals surface area contributed by atoms with Crippen LogP contribution in [0.2, 0.25) is 0 Å². The Morgan fingerprint density at radius 2 is 2.22 bits per heavy atom. The maximum atomic E-state index is 11.2. The fraction of sp³-hybridized carbons (Fsp3) is 0.667. The van der Waals surface area contributed by atoms with Crippen molar-refractivity contribution in [1.29, 1.82) is 0 Å². The molecular weight excluding hydrogens is 232 g/mol. The topological polar surface area (TPSA) is 82.2 Å². The van der Waals surface area contributed by atoms with Crippen LogP contribution in [0.25, 0.3) is 0 Å². The number of hydrogen-bond donors (Lipinski definition) is 2. The van der Waals surface area contributed by atoms with Gasteiger partial charge in [0, 0.05) is 19.5 Å². The van der Waals surface area contributed by atoms with Crippen LogP contribution in [0.15, 0.2) is 0 Å². The van der Waals surface area contributed by atoms with Gasteiger partial charge in [0.15, 0.2) is 0 Å². The lowest BCUT2D eigenvalue weighted by Crippen LogP contribution is -2.12. The van der Waals surface area contributed by atoms with E-state index in [1.807, 2.05) is 18.5 Å². The largest absolute Gasteiger partial charge is 0.466 e. The monoisotopic (exact) mass is 254 g/mol. The molecule has 0 atom stereocenters. The quantitative estimate of drug-likeness (QED) is 0.570. The Balaban J connectivity index is 2.42. The molecule has 18 heavy (non-hydrogen) atoms. The number of nitrogens with two attached hydrogens (primary N) is 1. The average molecular weight is 254 g/mol. The van der Waals surface area contributed by atoms with Gasteiger partial charge < -0.3 is 15.8 Å². The molecule has 0 spiro atoms. The third kappa shape index (κ3) is 3.65. The third-order valence-electron chi connectivity index (χ3n) is 2.63. The van der Waals surface area contributed by atoms with Crippen molar-refractivity contribution in [2.24, 2.45) is 0 Å². The fourth-order valence-corrected chi connectivity index (χ4v) is 1.68. The molecule has 0 fully saturated rings. The van der Waals surface area contributed by atoms with Crippen molar-refractivity contribution in [2.45, 2.75) is 40.2 Å². The van der Waals surface area contributed by atoms with E-state index < -0.39 is 0 Å². The zero-order valence-corrected chi connectivity index (χ0v) is 11.3. The second-order valence-electron chi connectivity index (χ2n) is 4.00. The van der Waals surface area contributed by atoms with Crippen LogP contribution in [0.1, 0.15) is 32.4 Å². The number of esters is 1. The smallest absolute Gasteiger partial charge is 0.305 e. The number of carbonyl (C=O) groups excluding carboxylic acids is 1. The summed E-state index contributed by atoms with van der Waals surface area (Å²) < 4.78 is 6.69. The molecule has 0 aliphatic heterocycles. The maximum Gasteiger partial charge on any atom is 0.305 e. The number of nitrogen functional groups attached to an aromatic ring is 1. The van der Waals surface area contributed by atoms with Crippen LogP contribution in [0, 0.1) is 6.92 Å². The number of rotatable bonds is 7. The van der Waals surface area contributed by atoms with Gasteiger partial charge in [-0.15, -0.1) is 0 Å². The zero-order valence-electron chi connectivity index (χ0n) is 11.3. The van der Waals surface area contributed by atoms with E-state index in [9.17, 15) is 4.79 Å². The lowest BCUT2D eigenvalue weighted by atomic mass is 10.3. The number of ether oxygens (including phenoxy) is 1.